The zero-order valence-corrected chi connectivity index (χ0v) is 7.82. The lowest BCUT2D eigenvalue weighted by atomic mass is 9.92. The minimum atomic E-state index is -0.492. The van der Waals surface area contributed by atoms with E-state index in [9.17, 15) is 5.11 Å². The van der Waals surface area contributed by atoms with Gasteiger partial charge in [0.15, 0.2) is 0 Å². The van der Waals surface area contributed by atoms with Gasteiger partial charge in [-0.15, -0.1) is 0 Å². The lowest BCUT2D eigenvalue weighted by Gasteiger charge is -2.36. The van der Waals surface area contributed by atoms with Gasteiger partial charge in [0.1, 0.15) is 11.4 Å². The highest BCUT2D eigenvalue weighted by molar-refractivity contribution is 5.34. The van der Waals surface area contributed by atoms with Gasteiger partial charge in [0.25, 0.3) is 0 Å². The van der Waals surface area contributed by atoms with Gasteiger partial charge in [0, 0.05) is 24.4 Å². The fourth-order valence-corrected chi connectivity index (χ4v) is 1.47. The molecule has 0 saturated carbocycles. The molecule has 2 heterocycles. The number of aromatic nitrogens is 1. The largest absolute Gasteiger partial charge is 0.485 e. The molecule has 0 bridgehead atoms. The standard InChI is InChI=1S/C10H13NO2/c1-10(2)9(12)5-7-6-11-4-3-8(7)13-10/h3-4,6,9,12H,5H2,1-2H3/t9-/m1/s1. The first kappa shape index (κ1) is 8.51. The Kier molecular flexibility index (Phi) is 1.77. The maximum absolute atomic E-state index is 9.73. The molecular formula is C10H13NO2. The molecule has 2 rings (SSSR count). The highest BCUT2D eigenvalue weighted by Crippen LogP contribution is 2.32. The van der Waals surface area contributed by atoms with Crippen molar-refractivity contribution in [2.75, 3.05) is 0 Å². The monoisotopic (exact) mass is 179 g/mol. The summed E-state index contributed by atoms with van der Waals surface area (Å²) in [7, 11) is 0. The summed E-state index contributed by atoms with van der Waals surface area (Å²) in [4.78, 5) is 3.99. The predicted molar refractivity (Wildman–Crippen MR) is 48.7 cm³/mol. The zero-order valence-electron chi connectivity index (χ0n) is 7.82. The van der Waals surface area contributed by atoms with Crippen LogP contribution < -0.4 is 4.74 Å². The SMILES string of the molecule is CC1(C)Oc2ccncc2C[C@H]1O. The molecule has 1 aromatic rings. The van der Waals surface area contributed by atoms with E-state index in [1.54, 1.807) is 12.4 Å². The molecule has 1 N–H and O–H groups in total. The molecule has 0 spiro atoms. The summed E-state index contributed by atoms with van der Waals surface area (Å²) < 4.78 is 5.64. The number of hydrogen-bond donors (Lipinski definition) is 1. The number of nitrogens with zero attached hydrogens (tertiary/aromatic N) is 1. The Balaban J connectivity index is 2.39. The van der Waals surface area contributed by atoms with Gasteiger partial charge in [0.2, 0.25) is 0 Å². The van der Waals surface area contributed by atoms with Crippen LogP contribution in [0.5, 0.6) is 5.75 Å². The average Bonchev–Trinajstić information content (AvgIpc) is 2.06. The second-order valence-corrected chi connectivity index (χ2v) is 3.91. The minimum absolute atomic E-state index is 0.454. The van der Waals surface area contributed by atoms with Gasteiger partial charge in [0.05, 0.1) is 6.10 Å². The average molecular weight is 179 g/mol. The fourth-order valence-electron chi connectivity index (χ4n) is 1.47. The van der Waals surface area contributed by atoms with Crippen LogP contribution in [0.3, 0.4) is 0 Å². The maximum atomic E-state index is 9.73. The van der Waals surface area contributed by atoms with E-state index in [0.29, 0.717) is 6.42 Å². The molecule has 1 aliphatic heterocycles. The Morgan fingerprint density at radius 2 is 2.38 bits per heavy atom. The molecule has 0 radical (unpaired) electrons. The molecule has 0 saturated heterocycles. The normalized spacial score (nSPS) is 24.7. The molecule has 1 aromatic heterocycles. The quantitative estimate of drug-likeness (QED) is 0.649. The molecule has 3 heteroatoms. The molecule has 3 nitrogen and oxygen atoms in total. The van der Waals surface area contributed by atoms with E-state index in [1.165, 1.54) is 0 Å². The van der Waals surface area contributed by atoms with Gasteiger partial charge in [-0.05, 0) is 19.9 Å². The summed E-state index contributed by atoms with van der Waals surface area (Å²) in [6.45, 7) is 3.78. The Hall–Kier alpha value is -1.09. The topological polar surface area (TPSA) is 42.4 Å². The van der Waals surface area contributed by atoms with E-state index in [-0.39, 0.29) is 0 Å². The number of aliphatic hydroxyl groups excluding tert-OH is 1. The second-order valence-electron chi connectivity index (χ2n) is 3.91. The summed E-state index contributed by atoms with van der Waals surface area (Å²) >= 11 is 0. The van der Waals surface area contributed by atoms with Gasteiger partial charge in [-0.3, -0.25) is 4.98 Å². The van der Waals surface area contributed by atoms with Crippen LogP contribution in [0.4, 0.5) is 0 Å². The lowest BCUT2D eigenvalue weighted by Crippen LogP contribution is -2.46. The third kappa shape index (κ3) is 1.40. The highest BCUT2D eigenvalue weighted by Gasteiger charge is 2.35. The summed E-state index contributed by atoms with van der Waals surface area (Å²) in [5.74, 6) is 0.838. The summed E-state index contributed by atoms with van der Waals surface area (Å²) in [6.07, 6.45) is 3.61. The number of hydrogen-bond acceptors (Lipinski definition) is 3. The molecule has 13 heavy (non-hydrogen) atoms. The molecule has 0 unspecified atom stereocenters. The smallest absolute Gasteiger partial charge is 0.129 e. The van der Waals surface area contributed by atoms with Crippen molar-refractivity contribution >= 4 is 0 Å². The van der Waals surface area contributed by atoms with Crippen LogP contribution in [0.25, 0.3) is 0 Å². The molecule has 0 fully saturated rings. The van der Waals surface area contributed by atoms with E-state index < -0.39 is 11.7 Å². The number of aliphatic hydroxyl groups is 1. The van der Waals surface area contributed by atoms with E-state index in [4.69, 9.17) is 4.74 Å². The van der Waals surface area contributed by atoms with Crippen LogP contribution in [-0.2, 0) is 6.42 Å². The Labute approximate surface area is 77.4 Å². The summed E-state index contributed by atoms with van der Waals surface area (Å²) in [6, 6.07) is 1.84. The number of fused-ring (bicyclic) bond motifs is 1. The van der Waals surface area contributed by atoms with Crippen LogP contribution in [0.2, 0.25) is 0 Å². The minimum Gasteiger partial charge on any atom is -0.485 e. The number of rotatable bonds is 0. The molecular weight excluding hydrogens is 166 g/mol. The molecule has 1 atom stereocenters. The van der Waals surface area contributed by atoms with Crippen molar-refractivity contribution in [3.63, 3.8) is 0 Å². The third-order valence-electron chi connectivity index (χ3n) is 2.45. The van der Waals surface area contributed by atoms with Crippen molar-refractivity contribution in [1.29, 1.82) is 0 Å². The van der Waals surface area contributed by atoms with Gasteiger partial charge >= 0.3 is 0 Å². The first-order chi connectivity index (χ1) is 6.09. The van der Waals surface area contributed by atoms with E-state index in [0.717, 1.165) is 11.3 Å². The van der Waals surface area contributed by atoms with Gasteiger partial charge in [-0.1, -0.05) is 0 Å². The summed E-state index contributed by atoms with van der Waals surface area (Å²) in [5.41, 5.74) is 0.489. The Morgan fingerprint density at radius 1 is 1.62 bits per heavy atom. The van der Waals surface area contributed by atoms with Crippen LogP contribution in [-0.4, -0.2) is 21.8 Å². The fraction of sp³-hybridized carbons (Fsp3) is 0.500. The third-order valence-corrected chi connectivity index (χ3v) is 2.45. The number of pyridine rings is 1. The van der Waals surface area contributed by atoms with Crippen molar-refractivity contribution in [3.8, 4) is 5.75 Å². The Bertz CT molecular complexity index is 322. The van der Waals surface area contributed by atoms with Crippen molar-refractivity contribution in [3.05, 3.63) is 24.0 Å². The van der Waals surface area contributed by atoms with E-state index >= 15 is 0 Å². The van der Waals surface area contributed by atoms with E-state index in [2.05, 4.69) is 4.98 Å². The van der Waals surface area contributed by atoms with Crippen LogP contribution in [0.15, 0.2) is 18.5 Å². The summed E-state index contributed by atoms with van der Waals surface area (Å²) in [5, 5.41) is 9.73. The molecule has 0 aromatic carbocycles. The molecule has 0 aliphatic carbocycles. The lowest BCUT2D eigenvalue weighted by molar-refractivity contribution is -0.0412. The first-order valence-electron chi connectivity index (χ1n) is 4.39. The molecule has 70 valence electrons. The highest BCUT2D eigenvalue weighted by atomic mass is 16.5. The molecule has 0 amide bonds. The van der Waals surface area contributed by atoms with Crippen LogP contribution in [0, 0.1) is 0 Å². The second kappa shape index (κ2) is 2.70. The van der Waals surface area contributed by atoms with Gasteiger partial charge in [-0.2, -0.15) is 0 Å². The van der Waals surface area contributed by atoms with Crippen molar-refractivity contribution in [2.45, 2.75) is 32.0 Å². The molecule has 1 aliphatic rings. The van der Waals surface area contributed by atoms with Gasteiger partial charge in [-0.25, -0.2) is 0 Å². The van der Waals surface area contributed by atoms with E-state index in [1.807, 2.05) is 19.9 Å². The van der Waals surface area contributed by atoms with Crippen molar-refractivity contribution < 1.29 is 9.84 Å². The van der Waals surface area contributed by atoms with Crippen molar-refractivity contribution in [1.82, 2.24) is 4.98 Å². The van der Waals surface area contributed by atoms with Crippen LogP contribution in [0.1, 0.15) is 19.4 Å². The first-order valence-corrected chi connectivity index (χ1v) is 4.39. The van der Waals surface area contributed by atoms with Gasteiger partial charge < -0.3 is 9.84 Å². The zero-order chi connectivity index (χ0) is 9.47. The maximum Gasteiger partial charge on any atom is 0.129 e. The Morgan fingerprint density at radius 3 is 3.15 bits per heavy atom. The number of ether oxygens (including phenoxy) is 1. The predicted octanol–water partition coefficient (Wildman–Crippen LogP) is 1.16. The van der Waals surface area contributed by atoms with Crippen LogP contribution >= 0.6 is 0 Å². The van der Waals surface area contributed by atoms with Crippen molar-refractivity contribution in [2.24, 2.45) is 0 Å².